The molecule has 212 valence electrons. The van der Waals surface area contributed by atoms with Gasteiger partial charge in [-0.2, -0.15) is 0 Å². The molecule has 0 atom stereocenters. The summed E-state index contributed by atoms with van der Waals surface area (Å²) >= 11 is 0. The first kappa shape index (κ1) is 29.1. The van der Waals surface area contributed by atoms with E-state index in [4.69, 9.17) is 5.21 Å². The smallest absolute Gasteiger partial charge is 0.244 e. The fourth-order valence-electron chi connectivity index (χ4n) is 4.50. The minimum Gasteiger partial charge on any atom is -0.324 e. The summed E-state index contributed by atoms with van der Waals surface area (Å²) in [5.41, 5.74) is 3.87. The molecule has 0 bridgehead atoms. The van der Waals surface area contributed by atoms with Crippen LogP contribution in [0.3, 0.4) is 0 Å². The molecule has 0 aliphatic rings. The number of benzene rings is 2. The van der Waals surface area contributed by atoms with Crippen LogP contribution in [0.25, 0.3) is 21.8 Å². The van der Waals surface area contributed by atoms with E-state index in [9.17, 15) is 19.2 Å². The third-order valence-electron chi connectivity index (χ3n) is 6.50. The number of aromatic nitrogens is 2. The Morgan fingerprint density at radius 2 is 1.12 bits per heavy atom. The molecule has 0 saturated heterocycles. The van der Waals surface area contributed by atoms with E-state index < -0.39 is 17.7 Å². The minimum absolute atomic E-state index is 0.137. The molecule has 11 heteroatoms. The van der Waals surface area contributed by atoms with Gasteiger partial charge in [-0.25, -0.2) is 5.48 Å². The summed E-state index contributed by atoms with van der Waals surface area (Å²) in [4.78, 5) is 60.4. The molecule has 11 nitrogen and oxygen atoms in total. The average molecular weight is 557 g/mol. The summed E-state index contributed by atoms with van der Waals surface area (Å²) in [7, 11) is 0. The van der Waals surface area contributed by atoms with E-state index in [0.717, 1.165) is 10.8 Å². The van der Waals surface area contributed by atoms with Crippen LogP contribution in [0.5, 0.6) is 0 Å². The highest BCUT2D eigenvalue weighted by atomic mass is 16.5. The lowest BCUT2D eigenvalue weighted by molar-refractivity contribution is -0.137. The molecule has 41 heavy (non-hydrogen) atoms. The lowest BCUT2D eigenvalue weighted by Crippen LogP contribution is -2.42. The summed E-state index contributed by atoms with van der Waals surface area (Å²) in [6.07, 6.45) is 6.09. The number of hydrogen-bond acceptors (Lipinski definition) is 7. The minimum atomic E-state index is -0.453. The Morgan fingerprint density at radius 1 is 0.634 bits per heavy atom. The monoisotopic (exact) mass is 556 g/mol. The second-order valence-corrected chi connectivity index (χ2v) is 9.56. The fourth-order valence-corrected chi connectivity index (χ4v) is 4.50. The number of anilines is 2. The van der Waals surface area contributed by atoms with Crippen molar-refractivity contribution >= 4 is 56.8 Å². The molecule has 0 fully saturated rings. The molecule has 0 aliphatic heterocycles. The fraction of sp³-hybridized carbons (Fsp3) is 0.267. The topological polar surface area (TPSA) is 154 Å². The van der Waals surface area contributed by atoms with Crippen molar-refractivity contribution in [1.82, 2.24) is 20.3 Å². The number of para-hydroxylation sites is 2. The number of hydrogen-bond donors (Lipinski definition) is 4. The van der Waals surface area contributed by atoms with Gasteiger partial charge in [0.2, 0.25) is 23.6 Å². The largest absolute Gasteiger partial charge is 0.324 e. The van der Waals surface area contributed by atoms with E-state index in [1.54, 1.807) is 54.3 Å². The van der Waals surface area contributed by atoms with Gasteiger partial charge in [-0.1, -0.05) is 49.2 Å². The van der Waals surface area contributed by atoms with Gasteiger partial charge in [0.15, 0.2) is 0 Å². The number of nitrogens with one attached hydrogen (secondary N) is 3. The maximum atomic E-state index is 13.2. The molecule has 0 spiro atoms. The van der Waals surface area contributed by atoms with Crippen LogP contribution in [0, 0.1) is 0 Å². The van der Waals surface area contributed by atoms with Crippen LogP contribution in [0.15, 0.2) is 73.1 Å². The number of nitrogens with zero attached hydrogens (tertiary/aromatic N) is 3. The van der Waals surface area contributed by atoms with E-state index in [-0.39, 0.29) is 31.8 Å². The number of amides is 4. The summed E-state index contributed by atoms with van der Waals surface area (Å²) in [5, 5.41) is 15.9. The lowest BCUT2D eigenvalue weighted by Gasteiger charge is -2.22. The zero-order chi connectivity index (χ0) is 29.0. The van der Waals surface area contributed by atoms with Crippen molar-refractivity contribution in [2.75, 3.05) is 23.7 Å². The molecular weight excluding hydrogens is 524 g/mol. The van der Waals surface area contributed by atoms with Crippen LogP contribution >= 0.6 is 0 Å². The summed E-state index contributed by atoms with van der Waals surface area (Å²) in [6, 6.07) is 18.2. The highest BCUT2D eigenvalue weighted by Crippen LogP contribution is 2.22. The first-order valence-corrected chi connectivity index (χ1v) is 13.4. The third-order valence-corrected chi connectivity index (χ3v) is 6.50. The highest BCUT2D eigenvalue weighted by Gasteiger charge is 2.21. The Balaban J connectivity index is 1.41. The van der Waals surface area contributed by atoms with Gasteiger partial charge >= 0.3 is 0 Å². The number of unbranched alkanes of at least 4 members (excludes halogenated alkanes) is 3. The normalized spacial score (nSPS) is 10.8. The van der Waals surface area contributed by atoms with Crippen LogP contribution in [0.2, 0.25) is 0 Å². The van der Waals surface area contributed by atoms with Crippen molar-refractivity contribution in [2.45, 2.75) is 38.5 Å². The Hall–Kier alpha value is -4.90. The van der Waals surface area contributed by atoms with Crippen molar-refractivity contribution in [3.05, 3.63) is 73.1 Å². The van der Waals surface area contributed by atoms with Crippen LogP contribution in [-0.2, 0) is 19.2 Å². The molecule has 4 rings (SSSR count). The van der Waals surface area contributed by atoms with E-state index in [0.29, 0.717) is 48.1 Å². The van der Waals surface area contributed by atoms with Crippen molar-refractivity contribution in [1.29, 1.82) is 0 Å². The summed E-state index contributed by atoms with van der Waals surface area (Å²) in [5.74, 6) is -1.69. The number of hydroxylamine groups is 1. The van der Waals surface area contributed by atoms with Gasteiger partial charge < -0.3 is 15.5 Å². The van der Waals surface area contributed by atoms with Crippen molar-refractivity contribution < 1.29 is 24.4 Å². The van der Waals surface area contributed by atoms with E-state index in [1.165, 1.54) is 4.90 Å². The average Bonchev–Trinajstić information content (AvgIpc) is 2.98. The standard InChI is InChI=1S/C30H32N6O5/c37-25(35-41)15-3-1-2-4-16-28(40)36(19-26(38)33-23-13-5-9-21-11-7-17-31-29(21)23)20-27(39)34-24-14-6-10-22-12-8-18-32-30(22)24/h5-14,17-18,41H,1-4,15-16,19-20H2,(H,33,38)(H,34,39)(H,35,37). The van der Waals surface area contributed by atoms with E-state index in [2.05, 4.69) is 20.6 Å². The molecule has 4 aromatic rings. The van der Waals surface area contributed by atoms with Crippen molar-refractivity contribution in [2.24, 2.45) is 0 Å². The van der Waals surface area contributed by atoms with Gasteiger partial charge in [0.25, 0.3) is 0 Å². The summed E-state index contributed by atoms with van der Waals surface area (Å²) < 4.78 is 0. The van der Waals surface area contributed by atoms with Gasteiger partial charge in [-0.3, -0.25) is 34.4 Å². The molecule has 4 amide bonds. The molecule has 2 heterocycles. The third kappa shape index (κ3) is 8.29. The van der Waals surface area contributed by atoms with Crippen LogP contribution in [0.4, 0.5) is 11.4 Å². The number of carbonyl (C=O) groups is 4. The SMILES string of the molecule is O=C(CCCCCCC(=O)N(CC(=O)Nc1cccc2cccnc12)CC(=O)Nc1cccc2cccnc12)NO. The lowest BCUT2D eigenvalue weighted by atomic mass is 10.1. The Bertz CT molecular complexity index is 1440. The van der Waals surface area contributed by atoms with Gasteiger partial charge in [0.1, 0.15) is 13.1 Å². The maximum absolute atomic E-state index is 13.2. The van der Waals surface area contributed by atoms with E-state index in [1.807, 2.05) is 24.3 Å². The molecule has 0 saturated carbocycles. The van der Waals surface area contributed by atoms with E-state index >= 15 is 0 Å². The van der Waals surface area contributed by atoms with Gasteiger partial charge in [-0.05, 0) is 37.1 Å². The van der Waals surface area contributed by atoms with Gasteiger partial charge in [-0.15, -0.1) is 0 Å². The van der Waals surface area contributed by atoms with Crippen molar-refractivity contribution in [3.8, 4) is 0 Å². The molecule has 2 aromatic heterocycles. The van der Waals surface area contributed by atoms with Crippen LogP contribution in [0.1, 0.15) is 38.5 Å². The molecule has 0 unspecified atom stereocenters. The first-order chi connectivity index (χ1) is 19.9. The maximum Gasteiger partial charge on any atom is 0.244 e. The molecule has 0 aliphatic carbocycles. The quantitative estimate of drug-likeness (QED) is 0.110. The predicted octanol–water partition coefficient (Wildman–Crippen LogP) is 4.03. The molecule has 0 radical (unpaired) electrons. The second kappa shape index (κ2) is 14.5. The number of fused-ring (bicyclic) bond motifs is 2. The molecule has 2 aromatic carbocycles. The Kier molecular flexibility index (Phi) is 10.3. The molecular formula is C30H32N6O5. The van der Waals surface area contributed by atoms with Gasteiger partial charge in [0, 0.05) is 36.0 Å². The predicted molar refractivity (Wildman–Crippen MR) is 155 cm³/mol. The summed E-state index contributed by atoms with van der Waals surface area (Å²) in [6.45, 7) is -0.639. The second-order valence-electron chi connectivity index (χ2n) is 9.56. The zero-order valence-corrected chi connectivity index (χ0v) is 22.5. The van der Waals surface area contributed by atoms with Crippen molar-refractivity contribution in [3.63, 3.8) is 0 Å². The Morgan fingerprint density at radius 3 is 1.63 bits per heavy atom. The first-order valence-electron chi connectivity index (χ1n) is 13.4. The Labute approximate surface area is 236 Å². The number of carbonyl (C=O) groups excluding carboxylic acids is 4. The molecule has 4 N–H and O–H groups in total. The van der Waals surface area contributed by atoms with Crippen LogP contribution < -0.4 is 16.1 Å². The van der Waals surface area contributed by atoms with Crippen LogP contribution in [-0.4, -0.2) is 56.8 Å². The highest BCUT2D eigenvalue weighted by molar-refractivity contribution is 6.04. The zero-order valence-electron chi connectivity index (χ0n) is 22.5. The van der Waals surface area contributed by atoms with Gasteiger partial charge in [0.05, 0.1) is 22.4 Å². The number of rotatable bonds is 13. The number of pyridine rings is 2.